The molecule has 68 valence electrons. The van der Waals surface area contributed by atoms with E-state index in [0.717, 1.165) is 16.9 Å². The van der Waals surface area contributed by atoms with E-state index in [1.165, 1.54) is 0 Å². The van der Waals surface area contributed by atoms with Gasteiger partial charge in [-0.25, -0.2) is 4.98 Å². The summed E-state index contributed by atoms with van der Waals surface area (Å²) in [4.78, 5) is 4.15. The molecule has 0 bridgehead atoms. The van der Waals surface area contributed by atoms with Gasteiger partial charge in [-0.3, -0.25) is 0 Å². The number of hydrogen-bond donors (Lipinski definition) is 1. The van der Waals surface area contributed by atoms with E-state index in [2.05, 4.69) is 15.2 Å². The first-order valence-corrected chi connectivity index (χ1v) is 4.29. The summed E-state index contributed by atoms with van der Waals surface area (Å²) in [6, 6.07) is 9.80. The molecule has 0 fully saturated rings. The summed E-state index contributed by atoms with van der Waals surface area (Å²) in [5.41, 5.74) is 8.06. The monoisotopic (exact) mass is 184 g/mol. The predicted molar refractivity (Wildman–Crippen MR) is 57.9 cm³/mol. The van der Waals surface area contributed by atoms with E-state index in [0.29, 0.717) is 0 Å². The van der Waals surface area contributed by atoms with Gasteiger partial charge in [-0.05, 0) is 0 Å². The van der Waals surface area contributed by atoms with Crippen LogP contribution in [0.2, 0.25) is 0 Å². The van der Waals surface area contributed by atoms with E-state index in [4.69, 9.17) is 5.73 Å². The standard InChI is InChI=1S/C9H9BN4/c10-8-7(12-9(11)14-13-8)6-4-2-1-3-5-6/h1-5H,10H2,(H2,11,12,14). The number of rotatable bonds is 1. The molecule has 2 rings (SSSR count). The van der Waals surface area contributed by atoms with Gasteiger partial charge in [0.05, 0.1) is 5.69 Å². The highest BCUT2D eigenvalue weighted by Crippen LogP contribution is 2.12. The summed E-state index contributed by atoms with van der Waals surface area (Å²) in [5.74, 6) is 0.203. The Morgan fingerprint density at radius 1 is 1.07 bits per heavy atom. The van der Waals surface area contributed by atoms with Crippen molar-refractivity contribution >= 4 is 19.4 Å². The minimum Gasteiger partial charge on any atom is -0.366 e. The summed E-state index contributed by atoms with van der Waals surface area (Å²) in [6.07, 6.45) is 0. The van der Waals surface area contributed by atoms with Gasteiger partial charge in [-0.15, -0.1) is 5.10 Å². The van der Waals surface area contributed by atoms with Crippen molar-refractivity contribution in [3.05, 3.63) is 30.3 Å². The van der Waals surface area contributed by atoms with E-state index >= 15 is 0 Å². The second-order valence-corrected chi connectivity index (χ2v) is 2.97. The molecule has 0 atom stereocenters. The Bertz CT molecular complexity index is 444. The average Bonchev–Trinajstić information content (AvgIpc) is 2.23. The first kappa shape index (κ1) is 8.68. The third kappa shape index (κ3) is 1.57. The van der Waals surface area contributed by atoms with E-state index in [9.17, 15) is 0 Å². The van der Waals surface area contributed by atoms with Crippen LogP contribution >= 0.6 is 0 Å². The molecule has 2 N–H and O–H groups in total. The molecule has 2 aromatic rings. The maximum absolute atomic E-state index is 5.48. The largest absolute Gasteiger partial charge is 0.366 e. The smallest absolute Gasteiger partial charge is 0.240 e. The normalized spacial score (nSPS) is 10.0. The van der Waals surface area contributed by atoms with Crippen LogP contribution in [0.5, 0.6) is 0 Å². The van der Waals surface area contributed by atoms with Crippen LogP contribution in [0.3, 0.4) is 0 Å². The second kappa shape index (κ2) is 3.45. The number of nitrogens with two attached hydrogens (primary N) is 1. The quantitative estimate of drug-likeness (QED) is 0.599. The molecule has 0 amide bonds. The Labute approximate surface area is 82.6 Å². The van der Waals surface area contributed by atoms with Crippen LogP contribution in [0.4, 0.5) is 5.95 Å². The van der Waals surface area contributed by atoms with Gasteiger partial charge in [0.15, 0.2) is 7.85 Å². The molecule has 0 unspecified atom stereocenters. The summed E-state index contributed by atoms with van der Waals surface area (Å²) in [6.45, 7) is 0. The number of aromatic nitrogens is 3. The van der Waals surface area contributed by atoms with Crippen molar-refractivity contribution in [2.75, 3.05) is 5.73 Å². The van der Waals surface area contributed by atoms with Crippen LogP contribution in [0.25, 0.3) is 11.3 Å². The lowest BCUT2D eigenvalue weighted by molar-refractivity contribution is 1.02. The van der Waals surface area contributed by atoms with Crippen LogP contribution < -0.4 is 11.3 Å². The molecule has 0 spiro atoms. The van der Waals surface area contributed by atoms with E-state index in [1.54, 1.807) is 0 Å². The molecule has 5 heteroatoms. The summed E-state index contributed by atoms with van der Waals surface area (Å²) in [5, 5.41) is 7.60. The van der Waals surface area contributed by atoms with Crippen LogP contribution in [0, 0.1) is 0 Å². The van der Waals surface area contributed by atoms with E-state index in [-0.39, 0.29) is 5.95 Å². The maximum Gasteiger partial charge on any atom is 0.240 e. The lowest BCUT2D eigenvalue weighted by Crippen LogP contribution is -2.17. The van der Waals surface area contributed by atoms with Gasteiger partial charge in [-0.1, -0.05) is 30.3 Å². The molecule has 0 saturated heterocycles. The van der Waals surface area contributed by atoms with Crippen LogP contribution in [0.1, 0.15) is 0 Å². The summed E-state index contributed by atoms with van der Waals surface area (Å²) in [7, 11) is 1.86. The number of benzene rings is 1. The van der Waals surface area contributed by atoms with Crippen molar-refractivity contribution in [3.63, 3.8) is 0 Å². The van der Waals surface area contributed by atoms with Gasteiger partial charge in [-0.2, -0.15) is 5.10 Å². The number of nitrogen functional groups attached to an aromatic ring is 1. The molecule has 1 aromatic carbocycles. The minimum absolute atomic E-state index is 0.203. The van der Waals surface area contributed by atoms with Gasteiger partial charge in [0, 0.05) is 11.2 Å². The van der Waals surface area contributed by atoms with Crippen molar-refractivity contribution in [1.82, 2.24) is 15.2 Å². The molecule has 0 saturated carbocycles. The topological polar surface area (TPSA) is 64.7 Å². The lowest BCUT2D eigenvalue weighted by atomic mass is 9.98. The molecule has 1 heterocycles. The summed E-state index contributed by atoms with van der Waals surface area (Å²) >= 11 is 0. The Kier molecular flexibility index (Phi) is 2.14. The Morgan fingerprint density at radius 2 is 1.79 bits per heavy atom. The van der Waals surface area contributed by atoms with Crippen molar-refractivity contribution in [2.45, 2.75) is 0 Å². The molecule has 0 radical (unpaired) electrons. The fourth-order valence-electron chi connectivity index (χ4n) is 1.26. The predicted octanol–water partition coefficient (Wildman–Crippen LogP) is -0.621. The molecule has 1 aromatic heterocycles. The fourth-order valence-corrected chi connectivity index (χ4v) is 1.26. The van der Waals surface area contributed by atoms with Crippen molar-refractivity contribution < 1.29 is 0 Å². The van der Waals surface area contributed by atoms with Gasteiger partial charge in [0.2, 0.25) is 5.95 Å². The fraction of sp³-hybridized carbons (Fsp3) is 0. The second-order valence-electron chi connectivity index (χ2n) is 2.97. The zero-order valence-corrected chi connectivity index (χ0v) is 7.81. The molecular weight excluding hydrogens is 175 g/mol. The van der Waals surface area contributed by atoms with Gasteiger partial charge in [0.25, 0.3) is 0 Å². The molecule has 0 aliphatic heterocycles. The third-order valence-corrected chi connectivity index (χ3v) is 1.92. The highest BCUT2D eigenvalue weighted by molar-refractivity contribution is 6.33. The molecule has 4 nitrogen and oxygen atoms in total. The number of hydrogen-bond acceptors (Lipinski definition) is 4. The van der Waals surface area contributed by atoms with Gasteiger partial charge >= 0.3 is 0 Å². The molecular formula is C9H9BN4. The Hall–Kier alpha value is -1.91. The van der Waals surface area contributed by atoms with Crippen LogP contribution in [0.15, 0.2) is 30.3 Å². The minimum atomic E-state index is 0.203. The Morgan fingerprint density at radius 3 is 2.50 bits per heavy atom. The molecule has 14 heavy (non-hydrogen) atoms. The number of anilines is 1. The van der Waals surface area contributed by atoms with Gasteiger partial charge in [0.1, 0.15) is 0 Å². The van der Waals surface area contributed by atoms with Crippen molar-refractivity contribution in [1.29, 1.82) is 0 Å². The third-order valence-electron chi connectivity index (χ3n) is 1.92. The molecule has 0 aliphatic rings. The van der Waals surface area contributed by atoms with Gasteiger partial charge < -0.3 is 5.73 Å². The van der Waals surface area contributed by atoms with Crippen molar-refractivity contribution in [2.24, 2.45) is 0 Å². The number of nitrogens with zero attached hydrogens (tertiary/aromatic N) is 3. The zero-order valence-electron chi connectivity index (χ0n) is 7.81. The first-order valence-electron chi connectivity index (χ1n) is 4.29. The lowest BCUT2D eigenvalue weighted by Gasteiger charge is -2.03. The zero-order chi connectivity index (χ0) is 9.97. The molecule has 0 aliphatic carbocycles. The first-order chi connectivity index (χ1) is 6.77. The highest BCUT2D eigenvalue weighted by Gasteiger charge is 2.04. The Balaban J connectivity index is 2.57. The van der Waals surface area contributed by atoms with Crippen LogP contribution in [-0.2, 0) is 0 Å². The summed E-state index contributed by atoms with van der Waals surface area (Å²) < 4.78 is 0. The van der Waals surface area contributed by atoms with Crippen LogP contribution in [-0.4, -0.2) is 23.0 Å². The average molecular weight is 184 g/mol. The SMILES string of the molecule is Bc1nnc(N)nc1-c1ccccc1. The van der Waals surface area contributed by atoms with E-state index < -0.39 is 0 Å². The van der Waals surface area contributed by atoms with E-state index in [1.807, 2.05) is 38.2 Å². The highest BCUT2D eigenvalue weighted by atomic mass is 15.2. The van der Waals surface area contributed by atoms with Crippen molar-refractivity contribution in [3.8, 4) is 11.3 Å². The maximum atomic E-state index is 5.48.